The van der Waals surface area contributed by atoms with Crippen molar-refractivity contribution in [3.8, 4) is 5.75 Å². The summed E-state index contributed by atoms with van der Waals surface area (Å²) in [4.78, 5) is 0. The van der Waals surface area contributed by atoms with Gasteiger partial charge in [-0.3, -0.25) is 0 Å². The van der Waals surface area contributed by atoms with Crippen molar-refractivity contribution >= 4 is 17.1 Å². The van der Waals surface area contributed by atoms with E-state index in [9.17, 15) is 13.2 Å². The molecule has 0 aliphatic carbocycles. The van der Waals surface area contributed by atoms with Gasteiger partial charge < -0.3 is 15.8 Å². The fourth-order valence-corrected chi connectivity index (χ4v) is 1.67. The van der Waals surface area contributed by atoms with Gasteiger partial charge >= 0.3 is 0 Å². The molecule has 3 N–H and O–H groups in total. The third-order valence-corrected chi connectivity index (χ3v) is 2.63. The summed E-state index contributed by atoms with van der Waals surface area (Å²) in [5, 5.41) is 2.65. The number of hydrogen-bond acceptors (Lipinski definition) is 3. The first-order valence-electron chi connectivity index (χ1n) is 5.95. The Bertz CT molecular complexity index is 632. The molecule has 2 aromatic carbocycles. The zero-order valence-corrected chi connectivity index (χ0v) is 10.7. The number of nitrogen functional groups attached to an aromatic ring is 1. The standard InChI is InChI=1S/C14H13F3N2O/c1-2-20-12-7-8(3-5-10(12)18)19-11-6-4-9(15)13(16)14(11)17/h3-7,19H,2,18H2,1H3. The van der Waals surface area contributed by atoms with Crippen LogP contribution < -0.4 is 15.8 Å². The molecule has 0 aromatic heterocycles. The van der Waals surface area contributed by atoms with Crippen molar-refractivity contribution < 1.29 is 17.9 Å². The lowest BCUT2D eigenvalue weighted by molar-refractivity contribution is 0.342. The second-order valence-corrected chi connectivity index (χ2v) is 4.03. The summed E-state index contributed by atoms with van der Waals surface area (Å²) >= 11 is 0. The minimum absolute atomic E-state index is 0.170. The second kappa shape index (κ2) is 5.73. The van der Waals surface area contributed by atoms with Crippen molar-refractivity contribution in [2.24, 2.45) is 0 Å². The van der Waals surface area contributed by atoms with Gasteiger partial charge in [-0.15, -0.1) is 0 Å². The van der Waals surface area contributed by atoms with E-state index >= 15 is 0 Å². The fraction of sp³-hybridized carbons (Fsp3) is 0.143. The average Bonchev–Trinajstić information content (AvgIpc) is 2.43. The molecule has 0 spiro atoms. The first-order valence-corrected chi connectivity index (χ1v) is 5.95. The largest absolute Gasteiger partial charge is 0.492 e. The zero-order chi connectivity index (χ0) is 14.7. The summed E-state index contributed by atoms with van der Waals surface area (Å²) in [7, 11) is 0. The van der Waals surface area contributed by atoms with Crippen molar-refractivity contribution in [3.63, 3.8) is 0 Å². The van der Waals surface area contributed by atoms with E-state index in [0.717, 1.165) is 12.1 Å². The molecular weight excluding hydrogens is 269 g/mol. The summed E-state index contributed by atoms with van der Waals surface area (Å²) in [6.07, 6.45) is 0. The van der Waals surface area contributed by atoms with Crippen molar-refractivity contribution in [2.45, 2.75) is 6.92 Å². The molecule has 106 valence electrons. The van der Waals surface area contributed by atoms with Gasteiger partial charge in [0.25, 0.3) is 0 Å². The lowest BCUT2D eigenvalue weighted by Crippen LogP contribution is -2.01. The predicted molar refractivity (Wildman–Crippen MR) is 71.6 cm³/mol. The molecule has 2 aromatic rings. The summed E-state index contributed by atoms with van der Waals surface area (Å²) in [5.41, 5.74) is 6.42. The lowest BCUT2D eigenvalue weighted by Gasteiger charge is -2.12. The second-order valence-electron chi connectivity index (χ2n) is 4.03. The smallest absolute Gasteiger partial charge is 0.196 e. The molecule has 2 rings (SSSR count). The maximum atomic E-state index is 13.5. The van der Waals surface area contributed by atoms with E-state index in [0.29, 0.717) is 23.7 Å². The van der Waals surface area contributed by atoms with Crippen LogP contribution in [-0.2, 0) is 0 Å². The fourth-order valence-electron chi connectivity index (χ4n) is 1.67. The molecule has 0 saturated carbocycles. The highest BCUT2D eigenvalue weighted by molar-refractivity contribution is 5.67. The molecule has 6 heteroatoms. The van der Waals surface area contributed by atoms with Crippen molar-refractivity contribution in [2.75, 3.05) is 17.7 Å². The van der Waals surface area contributed by atoms with Crippen LogP contribution in [0.5, 0.6) is 5.75 Å². The van der Waals surface area contributed by atoms with Crippen LogP contribution in [0.4, 0.5) is 30.2 Å². The number of halogens is 3. The van der Waals surface area contributed by atoms with Gasteiger partial charge in [0.2, 0.25) is 0 Å². The Kier molecular flexibility index (Phi) is 4.02. The number of ether oxygens (including phenoxy) is 1. The number of benzene rings is 2. The summed E-state index contributed by atoms with van der Waals surface area (Å²) in [6.45, 7) is 2.22. The van der Waals surface area contributed by atoms with Crippen LogP contribution in [0.1, 0.15) is 6.92 Å². The first kappa shape index (κ1) is 14.0. The van der Waals surface area contributed by atoms with Gasteiger partial charge in [-0.2, -0.15) is 0 Å². The van der Waals surface area contributed by atoms with E-state index in [1.807, 2.05) is 0 Å². The van der Waals surface area contributed by atoms with Gasteiger partial charge in [0.15, 0.2) is 17.5 Å². The van der Waals surface area contributed by atoms with Crippen molar-refractivity contribution in [1.29, 1.82) is 0 Å². The van der Waals surface area contributed by atoms with Crippen LogP contribution >= 0.6 is 0 Å². The minimum atomic E-state index is -1.52. The van der Waals surface area contributed by atoms with E-state index in [2.05, 4.69) is 5.32 Å². The third-order valence-electron chi connectivity index (χ3n) is 2.63. The normalized spacial score (nSPS) is 10.4. The molecule has 3 nitrogen and oxygen atoms in total. The molecular formula is C14H13F3N2O. The Hall–Kier alpha value is -2.37. The number of anilines is 3. The Morgan fingerprint density at radius 3 is 2.55 bits per heavy atom. The number of nitrogens with two attached hydrogens (primary N) is 1. The van der Waals surface area contributed by atoms with Crippen molar-refractivity contribution in [1.82, 2.24) is 0 Å². The summed E-state index contributed by atoms with van der Waals surface area (Å²) in [5.74, 6) is -3.60. The summed E-state index contributed by atoms with van der Waals surface area (Å²) < 4.78 is 44.8. The SMILES string of the molecule is CCOc1cc(Nc2ccc(F)c(F)c2F)ccc1N. The molecule has 0 saturated heterocycles. The Balaban J connectivity index is 2.31. The van der Waals surface area contributed by atoms with Crippen LogP contribution in [-0.4, -0.2) is 6.61 Å². The molecule has 0 atom stereocenters. The molecule has 0 aliphatic rings. The number of nitrogens with one attached hydrogen (secondary N) is 1. The van der Waals surface area contributed by atoms with E-state index in [1.54, 1.807) is 25.1 Å². The van der Waals surface area contributed by atoms with E-state index in [4.69, 9.17) is 10.5 Å². The average molecular weight is 282 g/mol. The van der Waals surface area contributed by atoms with Crippen molar-refractivity contribution in [3.05, 3.63) is 47.8 Å². The number of hydrogen-bond donors (Lipinski definition) is 2. The maximum Gasteiger partial charge on any atom is 0.196 e. The van der Waals surface area contributed by atoms with Gasteiger partial charge in [-0.25, -0.2) is 13.2 Å². The highest BCUT2D eigenvalue weighted by Gasteiger charge is 2.13. The van der Waals surface area contributed by atoms with E-state index in [-0.39, 0.29) is 5.69 Å². The summed E-state index contributed by atoms with van der Waals surface area (Å²) in [6, 6.07) is 6.68. The molecule has 0 heterocycles. The molecule has 0 fully saturated rings. The minimum Gasteiger partial charge on any atom is -0.492 e. The molecule has 20 heavy (non-hydrogen) atoms. The molecule has 0 radical (unpaired) electrons. The maximum absolute atomic E-state index is 13.5. The lowest BCUT2D eigenvalue weighted by atomic mass is 10.2. The van der Waals surface area contributed by atoms with Crippen LogP contribution in [0.15, 0.2) is 30.3 Å². The predicted octanol–water partition coefficient (Wildman–Crippen LogP) is 3.83. The van der Waals surface area contributed by atoms with Crippen LogP contribution in [0, 0.1) is 17.5 Å². The molecule has 0 aliphatic heterocycles. The van der Waals surface area contributed by atoms with E-state index in [1.165, 1.54) is 0 Å². The third kappa shape index (κ3) is 2.79. The Labute approximate surface area is 114 Å². The molecule has 0 unspecified atom stereocenters. The Morgan fingerprint density at radius 2 is 1.85 bits per heavy atom. The van der Waals surface area contributed by atoms with Gasteiger partial charge in [0, 0.05) is 11.8 Å². The van der Waals surface area contributed by atoms with Crippen LogP contribution in [0.3, 0.4) is 0 Å². The van der Waals surface area contributed by atoms with Gasteiger partial charge in [-0.05, 0) is 31.2 Å². The Morgan fingerprint density at radius 1 is 1.10 bits per heavy atom. The highest BCUT2D eigenvalue weighted by atomic mass is 19.2. The zero-order valence-electron chi connectivity index (χ0n) is 10.7. The van der Waals surface area contributed by atoms with Gasteiger partial charge in [-0.1, -0.05) is 0 Å². The quantitative estimate of drug-likeness (QED) is 0.662. The van der Waals surface area contributed by atoms with E-state index < -0.39 is 17.5 Å². The molecule has 0 amide bonds. The van der Waals surface area contributed by atoms with Crippen LogP contribution in [0.2, 0.25) is 0 Å². The topological polar surface area (TPSA) is 47.3 Å². The molecule has 0 bridgehead atoms. The monoisotopic (exact) mass is 282 g/mol. The van der Waals surface area contributed by atoms with Gasteiger partial charge in [0.05, 0.1) is 18.0 Å². The van der Waals surface area contributed by atoms with Crippen LogP contribution in [0.25, 0.3) is 0 Å². The first-order chi connectivity index (χ1) is 9.52. The van der Waals surface area contributed by atoms with Gasteiger partial charge in [0.1, 0.15) is 5.75 Å². The highest BCUT2D eigenvalue weighted by Crippen LogP contribution is 2.29. The number of rotatable bonds is 4.